The van der Waals surface area contributed by atoms with E-state index in [0.29, 0.717) is 5.56 Å². The summed E-state index contributed by atoms with van der Waals surface area (Å²) in [5.74, 6) is 0.0494. The number of nitrogens with one attached hydrogen (secondary N) is 1. The molecule has 3 unspecified atom stereocenters. The van der Waals surface area contributed by atoms with Gasteiger partial charge in [-0.05, 0) is 39.3 Å². The van der Waals surface area contributed by atoms with Crippen LogP contribution in [0.3, 0.4) is 0 Å². The van der Waals surface area contributed by atoms with Gasteiger partial charge in [-0.3, -0.25) is 0 Å². The molecule has 0 saturated carbocycles. The molecule has 0 amide bonds. The van der Waals surface area contributed by atoms with E-state index in [-0.39, 0.29) is 29.1 Å². The number of ether oxygens (including phenoxy) is 1. The molecule has 1 fully saturated rings. The van der Waals surface area contributed by atoms with Crippen LogP contribution in [0.2, 0.25) is 0 Å². The molecular formula is C18H27NO2. The molecule has 3 nitrogen and oxygen atoms in total. The van der Waals surface area contributed by atoms with E-state index in [4.69, 9.17) is 4.74 Å². The minimum atomic E-state index is -0.219. The molecule has 0 bridgehead atoms. The summed E-state index contributed by atoms with van der Waals surface area (Å²) in [7, 11) is 0. The first-order chi connectivity index (χ1) is 9.77. The van der Waals surface area contributed by atoms with Gasteiger partial charge < -0.3 is 10.1 Å². The van der Waals surface area contributed by atoms with Gasteiger partial charge in [0.25, 0.3) is 0 Å². The zero-order valence-electron chi connectivity index (χ0n) is 13.8. The smallest absolute Gasteiger partial charge is 0.338 e. The molecule has 1 aliphatic rings. The van der Waals surface area contributed by atoms with Gasteiger partial charge in [0.05, 0.1) is 5.56 Å². The zero-order chi connectivity index (χ0) is 15.7. The average Bonchev–Trinajstić information content (AvgIpc) is 2.45. The van der Waals surface area contributed by atoms with Crippen molar-refractivity contribution in [3.63, 3.8) is 0 Å². The number of benzene rings is 1. The highest BCUT2D eigenvalue weighted by molar-refractivity contribution is 5.89. The van der Waals surface area contributed by atoms with Crippen molar-refractivity contribution in [3.8, 4) is 0 Å². The summed E-state index contributed by atoms with van der Waals surface area (Å²) in [5.41, 5.74) is 0.585. The van der Waals surface area contributed by atoms with Crippen molar-refractivity contribution in [1.82, 2.24) is 5.32 Å². The maximum Gasteiger partial charge on any atom is 0.338 e. The van der Waals surface area contributed by atoms with Crippen LogP contribution >= 0.6 is 0 Å². The van der Waals surface area contributed by atoms with E-state index in [9.17, 15) is 4.79 Å². The predicted molar refractivity (Wildman–Crippen MR) is 85.3 cm³/mol. The monoisotopic (exact) mass is 289 g/mol. The number of hydrogen-bond acceptors (Lipinski definition) is 3. The maximum atomic E-state index is 12.3. The van der Waals surface area contributed by atoms with Crippen molar-refractivity contribution >= 4 is 5.97 Å². The lowest BCUT2D eigenvalue weighted by molar-refractivity contribution is -0.0427. The van der Waals surface area contributed by atoms with E-state index < -0.39 is 0 Å². The average molecular weight is 289 g/mol. The molecule has 1 aliphatic heterocycles. The Hall–Kier alpha value is -1.35. The van der Waals surface area contributed by atoms with Crippen LogP contribution < -0.4 is 5.32 Å². The minimum absolute atomic E-state index is 0.0116. The number of hydrogen-bond donors (Lipinski definition) is 1. The molecule has 0 spiro atoms. The molecule has 2 rings (SSSR count). The van der Waals surface area contributed by atoms with Crippen molar-refractivity contribution in [2.75, 3.05) is 0 Å². The summed E-state index contributed by atoms with van der Waals surface area (Å²) < 4.78 is 5.84. The van der Waals surface area contributed by atoms with Crippen LogP contribution in [0.15, 0.2) is 30.3 Å². The first kappa shape index (κ1) is 16.0. The first-order valence-electron chi connectivity index (χ1n) is 7.83. The number of carbonyl (C=O) groups is 1. The van der Waals surface area contributed by atoms with E-state index in [1.54, 1.807) is 12.1 Å². The second-order valence-electron chi connectivity index (χ2n) is 7.06. The summed E-state index contributed by atoms with van der Waals surface area (Å²) in [5, 5.41) is 3.72. The van der Waals surface area contributed by atoms with Gasteiger partial charge >= 0.3 is 5.97 Å². The van der Waals surface area contributed by atoms with E-state index in [2.05, 4.69) is 39.9 Å². The molecule has 1 saturated heterocycles. The topological polar surface area (TPSA) is 38.3 Å². The lowest BCUT2D eigenvalue weighted by Gasteiger charge is -2.51. The van der Waals surface area contributed by atoms with Gasteiger partial charge in [0, 0.05) is 23.4 Å². The molecule has 0 aliphatic carbocycles. The molecule has 1 aromatic carbocycles. The Morgan fingerprint density at radius 3 is 2.48 bits per heavy atom. The van der Waals surface area contributed by atoms with Gasteiger partial charge in [-0.15, -0.1) is 0 Å². The summed E-state index contributed by atoms with van der Waals surface area (Å²) in [6, 6.07) is 9.24. The van der Waals surface area contributed by atoms with E-state index in [1.165, 1.54) is 0 Å². The van der Waals surface area contributed by atoms with Gasteiger partial charge in [0.1, 0.15) is 6.10 Å². The largest absolute Gasteiger partial charge is 0.458 e. The third-order valence-corrected chi connectivity index (χ3v) is 5.02. The van der Waals surface area contributed by atoms with Gasteiger partial charge in [0.15, 0.2) is 0 Å². The Morgan fingerprint density at radius 1 is 1.29 bits per heavy atom. The fourth-order valence-corrected chi connectivity index (χ4v) is 3.18. The number of piperidine rings is 1. The Morgan fingerprint density at radius 2 is 1.90 bits per heavy atom. The molecule has 116 valence electrons. The Bertz CT molecular complexity index is 494. The third-order valence-electron chi connectivity index (χ3n) is 5.02. The highest BCUT2D eigenvalue weighted by Crippen LogP contribution is 2.37. The quantitative estimate of drug-likeness (QED) is 0.860. The molecule has 3 atom stereocenters. The number of carbonyl (C=O) groups excluding carboxylic acids is 1. The zero-order valence-corrected chi connectivity index (χ0v) is 13.8. The summed E-state index contributed by atoms with van der Waals surface area (Å²) in [4.78, 5) is 12.3. The first-order valence-corrected chi connectivity index (χ1v) is 7.83. The van der Waals surface area contributed by atoms with Crippen LogP contribution in [0.4, 0.5) is 0 Å². The van der Waals surface area contributed by atoms with Crippen LogP contribution in [0.25, 0.3) is 0 Å². The second-order valence-corrected chi connectivity index (χ2v) is 7.06. The van der Waals surface area contributed by atoms with Crippen molar-refractivity contribution in [2.45, 2.75) is 64.6 Å². The highest BCUT2D eigenvalue weighted by atomic mass is 16.5. The van der Waals surface area contributed by atoms with Crippen molar-refractivity contribution in [3.05, 3.63) is 35.9 Å². The summed E-state index contributed by atoms with van der Waals surface area (Å²) in [6.07, 6.45) is 1.81. The maximum absolute atomic E-state index is 12.3. The molecular weight excluding hydrogens is 262 g/mol. The van der Waals surface area contributed by atoms with Crippen molar-refractivity contribution in [1.29, 1.82) is 0 Å². The van der Waals surface area contributed by atoms with Gasteiger partial charge in [-0.2, -0.15) is 0 Å². The normalized spacial score (nSPS) is 31.7. The molecule has 21 heavy (non-hydrogen) atoms. The number of esters is 1. The van der Waals surface area contributed by atoms with Gasteiger partial charge in [0.2, 0.25) is 0 Å². The third kappa shape index (κ3) is 3.46. The predicted octanol–water partition coefficient (Wildman–Crippen LogP) is 3.79. The summed E-state index contributed by atoms with van der Waals surface area (Å²) in [6.45, 7) is 10.9. The van der Waals surface area contributed by atoms with Gasteiger partial charge in [-0.25, -0.2) is 4.79 Å². The lowest BCUT2D eigenvalue weighted by Crippen LogP contribution is -2.65. The fraction of sp³-hybridized carbons (Fsp3) is 0.611. The van der Waals surface area contributed by atoms with Crippen LogP contribution in [0.5, 0.6) is 0 Å². The summed E-state index contributed by atoms with van der Waals surface area (Å²) >= 11 is 0. The molecule has 1 N–H and O–H groups in total. The van der Waals surface area contributed by atoms with E-state index in [0.717, 1.165) is 12.8 Å². The van der Waals surface area contributed by atoms with Gasteiger partial charge in [-0.1, -0.05) is 32.0 Å². The number of rotatable bonds is 3. The van der Waals surface area contributed by atoms with Crippen LogP contribution in [-0.4, -0.2) is 23.2 Å². The molecule has 0 radical (unpaired) electrons. The Labute approximate surface area is 128 Å². The van der Waals surface area contributed by atoms with E-state index in [1.807, 2.05) is 18.2 Å². The lowest BCUT2D eigenvalue weighted by atomic mass is 9.72. The highest BCUT2D eigenvalue weighted by Gasteiger charge is 2.46. The SMILES string of the molecule is CCC1(C)CC(OC(=O)c2ccccc2)C(C)C(C)(C)N1. The fourth-order valence-electron chi connectivity index (χ4n) is 3.18. The van der Waals surface area contributed by atoms with Crippen LogP contribution in [-0.2, 0) is 4.74 Å². The Kier molecular flexibility index (Phi) is 4.43. The molecule has 3 heteroatoms. The standard InChI is InChI=1S/C18H27NO2/c1-6-18(5)12-15(13(2)17(3,4)19-18)21-16(20)14-10-8-7-9-11-14/h7-11,13,15,19H,6,12H2,1-5H3. The Balaban J connectivity index is 2.16. The van der Waals surface area contributed by atoms with Crippen LogP contribution in [0, 0.1) is 5.92 Å². The van der Waals surface area contributed by atoms with Crippen molar-refractivity contribution in [2.24, 2.45) is 5.92 Å². The van der Waals surface area contributed by atoms with E-state index >= 15 is 0 Å². The molecule has 0 aromatic heterocycles. The van der Waals surface area contributed by atoms with Crippen molar-refractivity contribution < 1.29 is 9.53 Å². The second kappa shape index (κ2) is 5.80. The molecule has 1 heterocycles. The van der Waals surface area contributed by atoms with Crippen LogP contribution in [0.1, 0.15) is 57.8 Å². The molecule has 1 aromatic rings. The minimum Gasteiger partial charge on any atom is -0.458 e.